The Kier molecular flexibility index (Phi) is 6.70. The van der Waals surface area contributed by atoms with Gasteiger partial charge < -0.3 is 9.47 Å². The van der Waals surface area contributed by atoms with Crippen molar-refractivity contribution in [3.05, 3.63) is 0 Å². The van der Waals surface area contributed by atoms with Crippen molar-refractivity contribution in [2.75, 3.05) is 6.61 Å². The molecule has 0 rings (SSSR count). The lowest BCUT2D eigenvalue weighted by Crippen LogP contribution is -2.43. The molecule has 0 saturated heterocycles. The van der Waals surface area contributed by atoms with Gasteiger partial charge in [0.15, 0.2) is 14.1 Å². The molecule has 4 nitrogen and oxygen atoms in total. The maximum absolute atomic E-state index is 11.7. The van der Waals surface area contributed by atoms with E-state index in [4.69, 9.17) is 9.47 Å². The van der Waals surface area contributed by atoms with Crippen LogP contribution in [0.5, 0.6) is 0 Å². The van der Waals surface area contributed by atoms with Gasteiger partial charge in [-0.2, -0.15) is 0 Å². The van der Waals surface area contributed by atoms with Crippen LogP contribution in [0.1, 0.15) is 40.5 Å². The largest absolute Gasteiger partial charge is 0.464 e. The summed E-state index contributed by atoms with van der Waals surface area (Å²) in [5, 5.41) is 0. The fraction of sp³-hybridized carbons (Fsp3) is 0.900. The lowest BCUT2D eigenvalue weighted by molar-refractivity contribution is -0.175. The van der Waals surface area contributed by atoms with Crippen LogP contribution in [0.15, 0.2) is 0 Å². The summed E-state index contributed by atoms with van der Waals surface area (Å²) < 4.78 is 21.1. The van der Waals surface area contributed by atoms with Crippen LogP contribution >= 0.6 is 8.46 Å². The fourth-order valence-electron chi connectivity index (χ4n) is 1.36. The number of hydrogen-bond donors (Lipinski definition) is 0. The van der Waals surface area contributed by atoms with Gasteiger partial charge in [0.2, 0.25) is 0 Å². The standard InChI is InChI=1S/C10H19O4P/c1-5-10(6-2,9(11)13-7-3)14-8(4)15-12/h8H,5-7H2,1-4H3. The number of carbonyl (C=O) groups is 1. The first-order valence-corrected chi connectivity index (χ1v) is 6.11. The predicted molar refractivity (Wildman–Crippen MR) is 58.1 cm³/mol. The number of esters is 1. The van der Waals surface area contributed by atoms with E-state index in [0.29, 0.717) is 19.4 Å². The molecule has 0 aliphatic heterocycles. The molecule has 0 radical (unpaired) electrons. The Balaban J connectivity index is 4.70. The molecule has 0 aliphatic rings. The van der Waals surface area contributed by atoms with Gasteiger partial charge in [-0.1, -0.05) is 13.8 Å². The second-order valence-corrected chi connectivity index (χ2v) is 4.18. The monoisotopic (exact) mass is 234 g/mol. The van der Waals surface area contributed by atoms with Crippen molar-refractivity contribution in [1.29, 1.82) is 0 Å². The quantitative estimate of drug-likeness (QED) is 0.502. The van der Waals surface area contributed by atoms with Gasteiger partial charge in [-0.05, 0) is 26.7 Å². The lowest BCUT2D eigenvalue weighted by Gasteiger charge is -2.30. The van der Waals surface area contributed by atoms with E-state index in [1.165, 1.54) is 0 Å². The Morgan fingerprint density at radius 1 is 1.33 bits per heavy atom. The van der Waals surface area contributed by atoms with Crippen molar-refractivity contribution in [1.82, 2.24) is 0 Å². The predicted octanol–water partition coefficient (Wildman–Crippen LogP) is 2.76. The Bertz CT molecular complexity index is 213. The second kappa shape index (κ2) is 6.91. The molecular formula is C10H19O4P. The molecule has 0 fully saturated rings. The summed E-state index contributed by atoms with van der Waals surface area (Å²) >= 11 is 0. The molecule has 0 aliphatic carbocycles. The zero-order chi connectivity index (χ0) is 11.9. The molecule has 1 atom stereocenters. The second-order valence-electron chi connectivity index (χ2n) is 3.24. The minimum Gasteiger partial charge on any atom is -0.464 e. The molecular weight excluding hydrogens is 215 g/mol. The van der Waals surface area contributed by atoms with Crippen molar-refractivity contribution >= 4 is 14.4 Å². The maximum Gasteiger partial charge on any atom is 0.338 e. The van der Waals surface area contributed by atoms with Crippen molar-refractivity contribution in [2.45, 2.75) is 52.0 Å². The first-order chi connectivity index (χ1) is 7.06. The first-order valence-electron chi connectivity index (χ1n) is 5.23. The van der Waals surface area contributed by atoms with E-state index in [0.717, 1.165) is 0 Å². The van der Waals surface area contributed by atoms with Crippen molar-refractivity contribution < 1.29 is 18.8 Å². The summed E-state index contributed by atoms with van der Waals surface area (Å²) in [6.07, 6.45) is 1.03. The van der Waals surface area contributed by atoms with Gasteiger partial charge in [-0.15, -0.1) is 0 Å². The van der Waals surface area contributed by atoms with E-state index < -0.39 is 11.4 Å². The lowest BCUT2D eigenvalue weighted by atomic mass is 9.97. The van der Waals surface area contributed by atoms with Crippen LogP contribution in [0.4, 0.5) is 0 Å². The Morgan fingerprint density at radius 2 is 1.87 bits per heavy atom. The van der Waals surface area contributed by atoms with Crippen LogP contribution in [0, 0.1) is 0 Å². The van der Waals surface area contributed by atoms with Crippen molar-refractivity contribution in [2.24, 2.45) is 0 Å². The minimum atomic E-state index is -0.952. The average molecular weight is 234 g/mol. The van der Waals surface area contributed by atoms with Crippen LogP contribution in [0.25, 0.3) is 0 Å². The van der Waals surface area contributed by atoms with E-state index >= 15 is 0 Å². The summed E-state index contributed by atoms with van der Waals surface area (Å²) in [4.78, 5) is 11.7. The highest BCUT2D eigenvalue weighted by molar-refractivity contribution is 7.24. The third-order valence-corrected chi connectivity index (χ3v) is 2.74. The van der Waals surface area contributed by atoms with Gasteiger partial charge in [-0.3, -0.25) is 4.57 Å². The highest BCUT2D eigenvalue weighted by Gasteiger charge is 2.39. The molecule has 0 bridgehead atoms. The third kappa shape index (κ3) is 3.88. The zero-order valence-electron chi connectivity index (χ0n) is 9.78. The molecule has 88 valence electrons. The van der Waals surface area contributed by atoms with Gasteiger partial charge in [0.05, 0.1) is 6.61 Å². The highest BCUT2D eigenvalue weighted by Crippen LogP contribution is 2.27. The Morgan fingerprint density at radius 3 is 2.20 bits per heavy atom. The SMILES string of the molecule is CCOC(=O)C(CC)(CC)OC(C)P=O. The molecule has 1 unspecified atom stereocenters. The molecule has 0 N–H and O–H groups in total. The van der Waals surface area contributed by atoms with Crippen LogP contribution in [0.2, 0.25) is 0 Å². The topological polar surface area (TPSA) is 52.6 Å². The van der Waals surface area contributed by atoms with Gasteiger partial charge in [0, 0.05) is 0 Å². The number of ether oxygens (including phenoxy) is 2. The molecule has 0 amide bonds. The smallest absolute Gasteiger partial charge is 0.338 e. The summed E-state index contributed by atoms with van der Waals surface area (Å²) in [6.45, 7) is 7.45. The molecule has 0 aromatic heterocycles. The highest BCUT2D eigenvalue weighted by atomic mass is 31.1. The van der Waals surface area contributed by atoms with Crippen molar-refractivity contribution in [3.63, 3.8) is 0 Å². The first kappa shape index (κ1) is 14.5. The number of rotatable bonds is 7. The maximum atomic E-state index is 11.7. The summed E-state index contributed by atoms with van der Waals surface area (Å²) in [7, 11) is -0.118. The molecule has 0 spiro atoms. The molecule has 15 heavy (non-hydrogen) atoms. The number of hydrogen-bond acceptors (Lipinski definition) is 4. The van der Waals surface area contributed by atoms with Gasteiger partial charge in [0.1, 0.15) is 5.85 Å². The van der Waals surface area contributed by atoms with Gasteiger partial charge in [-0.25, -0.2) is 4.79 Å². The normalized spacial score (nSPS) is 13.9. The van der Waals surface area contributed by atoms with Crippen molar-refractivity contribution in [3.8, 4) is 0 Å². The molecule has 0 heterocycles. The van der Waals surface area contributed by atoms with E-state index in [-0.39, 0.29) is 14.4 Å². The van der Waals surface area contributed by atoms with Gasteiger partial charge >= 0.3 is 5.97 Å². The zero-order valence-corrected chi connectivity index (χ0v) is 10.7. The summed E-state index contributed by atoms with van der Waals surface area (Å²) in [5.74, 6) is -0.861. The van der Waals surface area contributed by atoms with E-state index in [1.54, 1.807) is 13.8 Å². The Labute approximate surface area is 92.5 Å². The molecule has 0 aromatic rings. The number of carbonyl (C=O) groups excluding carboxylic acids is 1. The van der Waals surface area contributed by atoms with Crippen LogP contribution in [0.3, 0.4) is 0 Å². The van der Waals surface area contributed by atoms with Crippen LogP contribution in [-0.2, 0) is 18.8 Å². The fourth-order valence-corrected chi connectivity index (χ4v) is 1.61. The minimum absolute atomic E-state index is 0.118. The molecule has 0 saturated carbocycles. The van der Waals surface area contributed by atoms with E-state index in [2.05, 4.69) is 0 Å². The molecule has 0 aromatic carbocycles. The summed E-state index contributed by atoms with van der Waals surface area (Å²) in [5.41, 5.74) is -0.952. The summed E-state index contributed by atoms with van der Waals surface area (Å²) in [6, 6.07) is 0. The van der Waals surface area contributed by atoms with E-state index in [9.17, 15) is 9.36 Å². The van der Waals surface area contributed by atoms with E-state index in [1.807, 2.05) is 13.8 Å². The van der Waals surface area contributed by atoms with Crippen LogP contribution in [-0.4, -0.2) is 24.0 Å². The Hall–Kier alpha value is -0.470. The van der Waals surface area contributed by atoms with Crippen LogP contribution < -0.4 is 0 Å². The van der Waals surface area contributed by atoms with Gasteiger partial charge in [0.25, 0.3) is 0 Å². The third-order valence-electron chi connectivity index (χ3n) is 2.33. The average Bonchev–Trinajstić information content (AvgIpc) is 2.26. The molecule has 5 heteroatoms.